The van der Waals surface area contributed by atoms with E-state index in [0.717, 1.165) is 19.5 Å². The van der Waals surface area contributed by atoms with Crippen LogP contribution in [0, 0.1) is 13.8 Å². The van der Waals surface area contributed by atoms with Crippen LogP contribution in [-0.2, 0) is 9.53 Å². The molecule has 1 aromatic carbocycles. The van der Waals surface area contributed by atoms with Crippen LogP contribution in [0.1, 0.15) is 49.8 Å². The fourth-order valence-electron chi connectivity index (χ4n) is 2.66. The topological polar surface area (TPSA) is 64.3 Å². The van der Waals surface area contributed by atoms with Gasteiger partial charge in [0, 0.05) is 18.5 Å². The number of benzene rings is 1. The van der Waals surface area contributed by atoms with Gasteiger partial charge < -0.3 is 15.8 Å². The Morgan fingerprint density at radius 1 is 1.23 bits per heavy atom. The molecule has 2 atom stereocenters. The quantitative estimate of drug-likeness (QED) is 0.825. The fourth-order valence-corrected chi connectivity index (χ4v) is 2.66. The van der Waals surface area contributed by atoms with E-state index in [0.29, 0.717) is 12.4 Å². The van der Waals surface area contributed by atoms with Crippen molar-refractivity contribution in [2.45, 2.75) is 58.6 Å². The molecule has 0 radical (unpaired) electrons. The number of nitrogens with one attached hydrogen (secondary N) is 1. The second kappa shape index (κ2) is 8.30. The van der Waals surface area contributed by atoms with Gasteiger partial charge in [-0.2, -0.15) is 0 Å². The van der Waals surface area contributed by atoms with E-state index in [1.165, 1.54) is 16.7 Å². The zero-order valence-corrected chi connectivity index (χ0v) is 14.5. The number of rotatable bonds is 2. The van der Waals surface area contributed by atoms with Crippen LogP contribution in [-0.4, -0.2) is 31.2 Å². The number of ether oxygens (including phenoxy) is 1. The van der Waals surface area contributed by atoms with Gasteiger partial charge in [-0.3, -0.25) is 4.79 Å². The number of hydrogen-bond donors (Lipinski definition) is 2. The van der Waals surface area contributed by atoms with Gasteiger partial charge in [-0.05, 0) is 53.1 Å². The summed E-state index contributed by atoms with van der Waals surface area (Å²) >= 11 is 0. The van der Waals surface area contributed by atoms with Gasteiger partial charge in [-0.1, -0.05) is 29.3 Å². The molecule has 1 heterocycles. The minimum atomic E-state index is -0.318. The molecular formula is C18H30N2O2. The Morgan fingerprint density at radius 2 is 1.82 bits per heavy atom. The summed E-state index contributed by atoms with van der Waals surface area (Å²) in [7, 11) is 0. The molecule has 2 unspecified atom stereocenters. The molecule has 22 heavy (non-hydrogen) atoms. The first kappa shape index (κ1) is 18.7. The first-order valence-corrected chi connectivity index (χ1v) is 7.89. The zero-order valence-electron chi connectivity index (χ0n) is 14.5. The van der Waals surface area contributed by atoms with Crippen molar-refractivity contribution in [2.24, 2.45) is 5.73 Å². The summed E-state index contributed by atoms with van der Waals surface area (Å²) in [5.41, 5.74) is 9.94. The van der Waals surface area contributed by atoms with Crippen molar-refractivity contribution in [1.29, 1.82) is 0 Å². The van der Waals surface area contributed by atoms with E-state index >= 15 is 0 Å². The van der Waals surface area contributed by atoms with Crippen LogP contribution in [0.2, 0.25) is 0 Å². The van der Waals surface area contributed by atoms with E-state index in [-0.39, 0.29) is 11.6 Å². The van der Waals surface area contributed by atoms with Crippen LogP contribution in [0.4, 0.5) is 0 Å². The van der Waals surface area contributed by atoms with Crippen LogP contribution in [0.3, 0.4) is 0 Å². The average Bonchev–Trinajstić information content (AvgIpc) is 2.37. The third-order valence-corrected chi connectivity index (χ3v) is 3.60. The molecule has 1 fully saturated rings. The van der Waals surface area contributed by atoms with Crippen molar-refractivity contribution in [3.8, 4) is 0 Å². The third-order valence-electron chi connectivity index (χ3n) is 3.60. The van der Waals surface area contributed by atoms with Crippen molar-refractivity contribution < 1.29 is 9.53 Å². The summed E-state index contributed by atoms with van der Waals surface area (Å²) in [6, 6.07) is 7.04. The highest BCUT2D eigenvalue weighted by Crippen LogP contribution is 2.26. The van der Waals surface area contributed by atoms with Crippen molar-refractivity contribution >= 4 is 6.47 Å². The molecule has 2 rings (SSSR count). The van der Waals surface area contributed by atoms with Crippen molar-refractivity contribution in [3.63, 3.8) is 0 Å². The molecule has 0 bridgehead atoms. The highest BCUT2D eigenvalue weighted by atomic mass is 16.5. The number of hydrogen-bond acceptors (Lipinski definition) is 4. The predicted octanol–water partition coefficient (Wildman–Crippen LogP) is 2.67. The van der Waals surface area contributed by atoms with Gasteiger partial charge in [-0.25, -0.2) is 0 Å². The molecule has 1 aromatic rings. The molecular weight excluding hydrogens is 276 g/mol. The van der Waals surface area contributed by atoms with Gasteiger partial charge in [0.05, 0.1) is 0 Å². The minimum Gasteiger partial charge on any atom is -0.462 e. The Morgan fingerprint density at radius 3 is 2.23 bits per heavy atom. The Labute approximate surface area is 134 Å². The normalized spacial score (nSPS) is 21.5. The lowest BCUT2D eigenvalue weighted by molar-refractivity contribution is -0.138. The van der Waals surface area contributed by atoms with Gasteiger partial charge in [0.1, 0.15) is 5.60 Å². The highest BCUT2D eigenvalue weighted by Gasteiger charge is 2.23. The maximum absolute atomic E-state index is 9.60. The second-order valence-electron chi connectivity index (χ2n) is 7.01. The van der Waals surface area contributed by atoms with E-state index in [9.17, 15) is 4.79 Å². The van der Waals surface area contributed by atoms with Crippen molar-refractivity contribution in [1.82, 2.24) is 5.32 Å². The van der Waals surface area contributed by atoms with Crippen molar-refractivity contribution in [3.05, 3.63) is 34.9 Å². The molecule has 3 N–H and O–H groups in total. The molecule has 1 aliphatic rings. The molecule has 1 saturated heterocycles. The Kier molecular flexibility index (Phi) is 7.04. The number of carbonyl (C=O) groups excluding carboxylic acids is 1. The summed E-state index contributed by atoms with van der Waals surface area (Å²) in [6.07, 6.45) is 1.16. The first-order valence-electron chi connectivity index (χ1n) is 7.89. The van der Waals surface area contributed by atoms with Gasteiger partial charge in [0.25, 0.3) is 6.47 Å². The molecule has 0 spiro atoms. The Hall–Kier alpha value is -1.39. The summed E-state index contributed by atoms with van der Waals surface area (Å²) in [5, 5.41) is 3.34. The molecule has 1 aliphatic heterocycles. The Balaban J connectivity index is 0.000000295. The Bertz CT molecular complexity index is 460. The molecule has 4 heteroatoms. The number of nitrogens with two attached hydrogens (primary N) is 1. The fraction of sp³-hybridized carbons (Fsp3) is 0.611. The van der Waals surface area contributed by atoms with Crippen LogP contribution < -0.4 is 11.1 Å². The lowest BCUT2D eigenvalue weighted by Crippen LogP contribution is -2.44. The smallest absolute Gasteiger partial charge is 0.293 e. The molecule has 4 nitrogen and oxygen atoms in total. The zero-order chi connectivity index (χ0) is 16.8. The molecule has 0 saturated carbocycles. The maximum Gasteiger partial charge on any atom is 0.293 e. The summed E-state index contributed by atoms with van der Waals surface area (Å²) in [5.74, 6) is 0.532. The van der Waals surface area contributed by atoms with E-state index in [1.54, 1.807) is 0 Å². The maximum atomic E-state index is 9.60. The molecule has 124 valence electrons. The largest absolute Gasteiger partial charge is 0.462 e. The SMILES string of the molecule is CC(C)(C)OC=O.Cc1cc(C)cc(C2CCNCC2N)c1. The van der Waals surface area contributed by atoms with Gasteiger partial charge in [0.15, 0.2) is 0 Å². The lowest BCUT2D eigenvalue weighted by atomic mass is 9.85. The molecule has 0 amide bonds. The monoisotopic (exact) mass is 306 g/mol. The van der Waals surface area contributed by atoms with E-state index in [4.69, 9.17) is 5.73 Å². The van der Waals surface area contributed by atoms with E-state index in [1.807, 2.05) is 20.8 Å². The van der Waals surface area contributed by atoms with E-state index < -0.39 is 0 Å². The van der Waals surface area contributed by atoms with Crippen LogP contribution in [0.15, 0.2) is 18.2 Å². The first-order chi connectivity index (χ1) is 10.2. The third kappa shape index (κ3) is 6.58. The van der Waals surface area contributed by atoms with Gasteiger partial charge in [0.2, 0.25) is 0 Å². The predicted molar refractivity (Wildman–Crippen MR) is 91.0 cm³/mol. The standard InChI is InChI=1S/C13H20N2.C5H10O2/c1-9-5-10(2)7-11(6-9)12-3-4-15-8-13(12)14;1-5(2,3)7-4-6/h5-7,12-13,15H,3-4,8,14H2,1-2H3;4H,1-3H3. The van der Waals surface area contributed by atoms with Crippen LogP contribution in [0.5, 0.6) is 0 Å². The lowest BCUT2D eigenvalue weighted by Gasteiger charge is -2.30. The number of aryl methyl sites for hydroxylation is 2. The van der Waals surface area contributed by atoms with E-state index in [2.05, 4.69) is 42.1 Å². The molecule has 0 aromatic heterocycles. The highest BCUT2D eigenvalue weighted by molar-refractivity contribution is 5.37. The van der Waals surface area contributed by atoms with Crippen LogP contribution in [0.25, 0.3) is 0 Å². The molecule has 0 aliphatic carbocycles. The van der Waals surface area contributed by atoms with Crippen LogP contribution >= 0.6 is 0 Å². The summed E-state index contributed by atoms with van der Waals surface area (Å²) in [6.45, 7) is 12.3. The number of carbonyl (C=O) groups is 1. The summed E-state index contributed by atoms with van der Waals surface area (Å²) < 4.78 is 4.55. The van der Waals surface area contributed by atoms with Gasteiger partial charge >= 0.3 is 0 Å². The summed E-state index contributed by atoms with van der Waals surface area (Å²) in [4.78, 5) is 9.60. The minimum absolute atomic E-state index is 0.264. The van der Waals surface area contributed by atoms with Crippen molar-refractivity contribution in [2.75, 3.05) is 13.1 Å². The average molecular weight is 306 g/mol. The van der Waals surface area contributed by atoms with Gasteiger partial charge in [-0.15, -0.1) is 0 Å². The second-order valence-corrected chi connectivity index (χ2v) is 7.01. The number of piperidine rings is 1.